The summed E-state index contributed by atoms with van der Waals surface area (Å²) in [6.07, 6.45) is 11.4. The molecule has 3 aliphatic carbocycles. The first kappa shape index (κ1) is 21.7. The van der Waals surface area contributed by atoms with E-state index in [1.54, 1.807) is 24.3 Å². The van der Waals surface area contributed by atoms with Gasteiger partial charge in [-0.1, -0.05) is 43.0 Å². The minimum Gasteiger partial charge on any atom is -0.496 e. The third-order valence-corrected chi connectivity index (χ3v) is 7.68. The molecular formula is C25H35O4P. The van der Waals surface area contributed by atoms with Gasteiger partial charge in [0.1, 0.15) is 11.5 Å². The van der Waals surface area contributed by atoms with Crippen LogP contribution in [-0.2, 0) is 9.30 Å². The van der Waals surface area contributed by atoms with E-state index in [4.69, 9.17) is 9.26 Å². The Morgan fingerprint density at radius 1 is 1.17 bits per heavy atom. The Labute approximate surface area is 180 Å². The number of methoxy groups -OCH3 is 1. The van der Waals surface area contributed by atoms with Gasteiger partial charge >= 0.3 is 7.60 Å². The van der Waals surface area contributed by atoms with Crippen LogP contribution in [-0.4, -0.2) is 18.7 Å². The molecule has 4 atom stereocenters. The third kappa shape index (κ3) is 4.27. The van der Waals surface area contributed by atoms with Gasteiger partial charge in [-0.2, -0.15) is 0 Å². The quantitative estimate of drug-likeness (QED) is 0.301. The second-order valence-electron chi connectivity index (χ2n) is 9.15. The van der Waals surface area contributed by atoms with Crippen LogP contribution < -0.4 is 4.52 Å². The van der Waals surface area contributed by atoms with Gasteiger partial charge in [0.15, 0.2) is 0 Å². The summed E-state index contributed by atoms with van der Waals surface area (Å²) in [6, 6.07) is 7.50. The van der Waals surface area contributed by atoms with Crippen molar-refractivity contribution in [2.24, 2.45) is 17.8 Å². The summed E-state index contributed by atoms with van der Waals surface area (Å²) >= 11 is 0. The molecule has 3 aliphatic rings. The average Bonchev–Trinajstić information content (AvgIpc) is 2.71. The van der Waals surface area contributed by atoms with E-state index in [0.717, 1.165) is 11.3 Å². The highest BCUT2D eigenvalue weighted by Gasteiger charge is 2.44. The Kier molecular flexibility index (Phi) is 6.46. The molecule has 30 heavy (non-hydrogen) atoms. The van der Waals surface area contributed by atoms with Gasteiger partial charge < -0.3 is 14.2 Å². The molecule has 164 valence electrons. The zero-order chi connectivity index (χ0) is 21.3. The zero-order valence-corrected chi connectivity index (χ0v) is 19.4. The molecule has 1 fully saturated rings. The van der Waals surface area contributed by atoms with E-state index in [-0.39, 0.29) is 0 Å². The zero-order valence-electron chi connectivity index (χ0n) is 18.5. The van der Waals surface area contributed by atoms with Crippen molar-refractivity contribution in [3.05, 3.63) is 46.5 Å². The van der Waals surface area contributed by atoms with Crippen molar-refractivity contribution in [1.29, 1.82) is 0 Å². The molecule has 1 aromatic carbocycles. The van der Waals surface area contributed by atoms with Crippen molar-refractivity contribution < 1.29 is 18.7 Å². The highest BCUT2D eigenvalue weighted by molar-refractivity contribution is 7.52. The Balaban J connectivity index is 1.83. The molecule has 0 aliphatic heterocycles. The summed E-state index contributed by atoms with van der Waals surface area (Å²) in [7, 11) is -1.83. The Morgan fingerprint density at radius 2 is 1.93 bits per heavy atom. The van der Waals surface area contributed by atoms with Gasteiger partial charge in [0.25, 0.3) is 0 Å². The van der Waals surface area contributed by atoms with Gasteiger partial charge in [0, 0.05) is 18.1 Å². The second-order valence-corrected chi connectivity index (χ2v) is 10.9. The van der Waals surface area contributed by atoms with Gasteiger partial charge in [-0.05, 0) is 74.5 Å². The Bertz CT molecular complexity index is 894. The average molecular weight is 431 g/mol. The molecule has 0 amide bonds. The summed E-state index contributed by atoms with van der Waals surface area (Å²) in [6.45, 7) is 3.52. The maximum atomic E-state index is 11.8. The molecule has 4 unspecified atom stereocenters. The largest absolute Gasteiger partial charge is 0.496 e. The number of ether oxygens (including phenoxy) is 1. The highest BCUT2D eigenvalue weighted by atomic mass is 31.2. The van der Waals surface area contributed by atoms with E-state index in [9.17, 15) is 9.46 Å². The summed E-state index contributed by atoms with van der Waals surface area (Å²) in [5.41, 5.74) is 5.91. The Morgan fingerprint density at radius 3 is 2.63 bits per heavy atom. The molecule has 0 saturated heterocycles. The van der Waals surface area contributed by atoms with E-state index < -0.39 is 7.60 Å². The number of hydrogen-bond acceptors (Lipinski definition) is 3. The fraction of sp³-hybridized carbons (Fsp3) is 0.600. The molecule has 1 N–H and O–H groups in total. The van der Waals surface area contributed by atoms with Crippen LogP contribution in [0, 0.1) is 17.8 Å². The predicted octanol–water partition coefficient (Wildman–Crippen LogP) is 6.95. The van der Waals surface area contributed by atoms with Crippen LogP contribution in [0.3, 0.4) is 0 Å². The molecule has 4 nitrogen and oxygen atoms in total. The molecule has 0 heterocycles. The molecule has 1 saturated carbocycles. The maximum Gasteiger partial charge on any atom is 0.373 e. The standard InChI is InChI=1S/C25H35O4P/c1-4-9-19-20-12-5-6-13-21(20)23-15-8-14-22(19)24(23)25(28-2)17-10-7-11-18(16-17)29-30(3,26)27/h7,10-11,16,19,22-23H,4-6,8-9,12-15H2,1-3H3,(H,26,27)/b25-24+. The lowest BCUT2D eigenvalue weighted by Crippen LogP contribution is -2.36. The summed E-state index contributed by atoms with van der Waals surface area (Å²) < 4.78 is 23.1. The first-order valence-electron chi connectivity index (χ1n) is 11.5. The topological polar surface area (TPSA) is 55.8 Å². The maximum absolute atomic E-state index is 11.8. The van der Waals surface area contributed by atoms with E-state index in [1.165, 1.54) is 70.0 Å². The van der Waals surface area contributed by atoms with Gasteiger partial charge in [-0.25, -0.2) is 4.57 Å². The summed E-state index contributed by atoms with van der Waals surface area (Å²) in [4.78, 5) is 9.64. The lowest BCUT2D eigenvalue weighted by molar-refractivity contribution is 0.248. The van der Waals surface area contributed by atoms with Crippen LogP contribution in [0.15, 0.2) is 41.0 Å². The first-order chi connectivity index (χ1) is 14.4. The van der Waals surface area contributed by atoms with E-state index >= 15 is 0 Å². The van der Waals surface area contributed by atoms with Crippen LogP contribution in [0.25, 0.3) is 5.76 Å². The lowest BCUT2D eigenvalue weighted by atomic mass is 9.57. The van der Waals surface area contributed by atoms with E-state index in [1.807, 2.05) is 18.2 Å². The number of allylic oxidation sites excluding steroid dienone is 3. The predicted molar refractivity (Wildman–Crippen MR) is 121 cm³/mol. The molecule has 0 aromatic heterocycles. The molecule has 5 heteroatoms. The van der Waals surface area contributed by atoms with Crippen molar-refractivity contribution in [1.82, 2.24) is 0 Å². The van der Waals surface area contributed by atoms with Crippen LogP contribution >= 0.6 is 7.60 Å². The molecule has 1 aromatic rings. The van der Waals surface area contributed by atoms with Crippen molar-refractivity contribution in [3.63, 3.8) is 0 Å². The normalized spacial score (nSPS) is 29.7. The van der Waals surface area contributed by atoms with Crippen LogP contribution in [0.5, 0.6) is 5.75 Å². The molecule has 0 radical (unpaired) electrons. The van der Waals surface area contributed by atoms with E-state index in [0.29, 0.717) is 23.5 Å². The van der Waals surface area contributed by atoms with Gasteiger partial charge in [0.2, 0.25) is 0 Å². The number of hydrogen-bond donors (Lipinski definition) is 1. The third-order valence-electron chi connectivity index (χ3n) is 7.13. The fourth-order valence-corrected chi connectivity index (χ4v) is 6.72. The van der Waals surface area contributed by atoms with Gasteiger partial charge in [0.05, 0.1) is 7.11 Å². The smallest absolute Gasteiger partial charge is 0.373 e. The van der Waals surface area contributed by atoms with Crippen LogP contribution in [0.2, 0.25) is 0 Å². The number of benzene rings is 1. The summed E-state index contributed by atoms with van der Waals surface area (Å²) in [5.74, 6) is 3.07. The molecule has 2 bridgehead atoms. The molecule has 0 spiro atoms. The summed E-state index contributed by atoms with van der Waals surface area (Å²) in [5, 5.41) is 0. The van der Waals surface area contributed by atoms with Gasteiger partial charge in [-0.3, -0.25) is 0 Å². The monoisotopic (exact) mass is 430 g/mol. The van der Waals surface area contributed by atoms with Crippen molar-refractivity contribution >= 4 is 13.4 Å². The molecular weight excluding hydrogens is 395 g/mol. The van der Waals surface area contributed by atoms with Crippen LogP contribution in [0.4, 0.5) is 0 Å². The Hall–Kier alpha value is -1.51. The van der Waals surface area contributed by atoms with Crippen LogP contribution in [0.1, 0.15) is 70.3 Å². The minimum absolute atomic E-state index is 0.416. The van der Waals surface area contributed by atoms with Crippen molar-refractivity contribution in [3.8, 4) is 5.75 Å². The SMILES string of the molecule is CCCC1C2=C(CCCC2)C2CCCC1/C2=C(\OC)c1cccc(OP(C)(=O)O)c1. The van der Waals surface area contributed by atoms with E-state index in [2.05, 4.69) is 6.92 Å². The molecule has 4 rings (SSSR count). The second kappa shape index (κ2) is 8.93. The highest BCUT2D eigenvalue weighted by Crippen LogP contribution is 2.56. The fourth-order valence-electron chi connectivity index (χ4n) is 6.21. The van der Waals surface area contributed by atoms with Crippen molar-refractivity contribution in [2.75, 3.05) is 13.8 Å². The van der Waals surface area contributed by atoms with Crippen molar-refractivity contribution in [2.45, 2.75) is 64.7 Å². The first-order valence-corrected chi connectivity index (χ1v) is 13.6. The number of rotatable bonds is 6. The number of fused-ring (bicyclic) bond motifs is 3. The lowest BCUT2D eigenvalue weighted by Gasteiger charge is -2.48. The minimum atomic E-state index is -3.60. The van der Waals surface area contributed by atoms with Gasteiger partial charge in [-0.15, -0.1) is 0 Å².